The van der Waals surface area contributed by atoms with Crippen molar-refractivity contribution < 1.29 is 4.79 Å². The fourth-order valence-corrected chi connectivity index (χ4v) is 2.75. The number of primary amides is 1. The van der Waals surface area contributed by atoms with Crippen LogP contribution in [0.25, 0.3) is 0 Å². The molecule has 0 radical (unpaired) electrons. The number of hydrogen-bond donors (Lipinski definition) is 3. The van der Waals surface area contributed by atoms with Crippen molar-refractivity contribution in [3.8, 4) is 0 Å². The SMILES string of the molecule is CC(C)CNC(N)=NCc1cccnc1N1CCC(C(N)=O)CC1. The van der Waals surface area contributed by atoms with Gasteiger partial charge in [-0.2, -0.15) is 0 Å². The highest BCUT2D eigenvalue weighted by atomic mass is 16.1. The minimum atomic E-state index is -0.204. The lowest BCUT2D eigenvalue weighted by Crippen LogP contribution is -2.39. The van der Waals surface area contributed by atoms with Gasteiger partial charge < -0.3 is 21.7 Å². The van der Waals surface area contributed by atoms with E-state index in [1.165, 1.54) is 0 Å². The molecule has 1 amide bonds. The second kappa shape index (κ2) is 8.52. The van der Waals surface area contributed by atoms with Crippen LogP contribution in [0, 0.1) is 11.8 Å². The Morgan fingerprint density at radius 3 is 2.75 bits per heavy atom. The average Bonchev–Trinajstić information content (AvgIpc) is 2.58. The molecule has 0 bridgehead atoms. The van der Waals surface area contributed by atoms with Crippen LogP contribution in [-0.4, -0.2) is 36.5 Å². The summed E-state index contributed by atoms with van der Waals surface area (Å²) in [6.45, 7) is 7.08. The summed E-state index contributed by atoms with van der Waals surface area (Å²) in [7, 11) is 0. The molecular weight excluding hydrogens is 304 g/mol. The lowest BCUT2D eigenvalue weighted by molar-refractivity contribution is -0.122. The van der Waals surface area contributed by atoms with Gasteiger partial charge in [-0.1, -0.05) is 19.9 Å². The Balaban J connectivity index is 2.00. The van der Waals surface area contributed by atoms with Gasteiger partial charge >= 0.3 is 0 Å². The van der Waals surface area contributed by atoms with Crippen molar-refractivity contribution >= 4 is 17.7 Å². The van der Waals surface area contributed by atoms with Gasteiger partial charge in [0.2, 0.25) is 5.91 Å². The van der Waals surface area contributed by atoms with Crippen molar-refractivity contribution in [3.05, 3.63) is 23.9 Å². The highest BCUT2D eigenvalue weighted by molar-refractivity contribution is 5.78. The van der Waals surface area contributed by atoms with E-state index in [0.717, 1.165) is 43.9 Å². The Bertz CT molecular complexity index is 578. The van der Waals surface area contributed by atoms with E-state index >= 15 is 0 Å². The van der Waals surface area contributed by atoms with Crippen molar-refractivity contribution in [2.24, 2.45) is 28.3 Å². The van der Waals surface area contributed by atoms with Crippen LogP contribution in [0.2, 0.25) is 0 Å². The fraction of sp³-hybridized carbons (Fsp3) is 0.588. The Hall–Kier alpha value is -2.31. The van der Waals surface area contributed by atoms with Crippen LogP contribution in [-0.2, 0) is 11.3 Å². The van der Waals surface area contributed by atoms with E-state index in [0.29, 0.717) is 18.4 Å². The topological polar surface area (TPSA) is 110 Å². The lowest BCUT2D eigenvalue weighted by atomic mass is 9.96. The molecule has 1 saturated heterocycles. The van der Waals surface area contributed by atoms with Gasteiger partial charge in [0.1, 0.15) is 5.82 Å². The predicted octanol–water partition coefficient (Wildman–Crippen LogP) is 0.844. The number of amides is 1. The highest BCUT2D eigenvalue weighted by Gasteiger charge is 2.24. The van der Waals surface area contributed by atoms with Crippen LogP contribution in [0.4, 0.5) is 5.82 Å². The number of piperidine rings is 1. The number of aliphatic imine (C=N–C) groups is 1. The first kappa shape index (κ1) is 18.0. The van der Waals surface area contributed by atoms with Crippen LogP contribution >= 0.6 is 0 Å². The zero-order chi connectivity index (χ0) is 17.5. The lowest BCUT2D eigenvalue weighted by Gasteiger charge is -2.32. The summed E-state index contributed by atoms with van der Waals surface area (Å²) in [6, 6.07) is 3.92. The number of nitrogens with zero attached hydrogens (tertiary/aromatic N) is 3. The highest BCUT2D eigenvalue weighted by Crippen LogP contribution is 2.24. The van der Waals surface area contributed by atoms with Crippen LogP contribution in [0.15, 0.2) is 23.3 Å². The van der Waals surface area contributed by atoms with Gasteiger partial charge in [0.15, 0.2) is 5.96 Å². The quantitative estimate of drug-likeness (QED) is 0.528. The molecule has 132 valence electrons. The van der Waals surface area contributed by atoms with Crippen molar-refractivity contribution in [1.29, 1.82) is 0 Å². The number of guanidine groups is 1. The fourth-order valence-electron chi connectivity index (χ4n) is 2.75. The van der Waals surface area contributed by atoms with Gasteiger partial charge in [-0.3, -0.25) is 4.79 Å². The maximum absolute atomic E-state index is 11.3. The van der Waals surface area contributed by atoms with Crippen molar-refractivity contribution in [3.63, 3.8) is 0 Å². The Labute approximate surface area is 143 Å². The van der Waals surface area contributed by atoms with Crippen molar-refractivity contribution in [1.82, 2.24) is 10.3 Å². The van der Waals surface area contributed by atoms with E-state index in [2.05, 4.69) is 34.0 Å². The molecule has 0 unspecified atom stereocenters. The maximum atomic E-state index is 11.3. The van der Waals surface area contributed by atoms with Gasteiger partial charge in [0.05, 0.1) is 6.54 Å². The normalized spacial score (nSPS) is 16.5. The molecule has 24 heavy (non-hydrogen) atoms. The second-order valence-corrected chi connectivity index (χ2v) is 6.63. The zero-order valence-electron chi connectivity index (χ0n) is 14.5. The molecule has 1 fully saturated rings. The summed E-state index contributed by atoms with van der Waals surface area (Å²) in [5, 5.41) is 3.11. The number of nitrogens with one attached hydrogen (secondary N) is 1. The smallest absolute Gasteiger partial charge is 0.220 e. The first-order valence-electron chi connectivity index (χ1n) is 8.49. The molecule has 2 rings (SSSR count). The van der Waals surface area contributed by atoms with Crippen LogP contribution in [0.5, 0.6) is 0 Å². The molecule has 0 aliphatic carbocycles. The number of aromatic nitrogens is 1. The van der Waals surface area contributed by atoms with Crippen LogP contribution in [0.3, 0.4) is 0 Å². The van der Waals surface area contributed by atoms with Gasteiger partial charge in [-0.15, -0.1) is 0 Å². The Morgan fingerprint density at radius 2 is 2.12 bits per heavy atom. The van der Waals surface area contributed by atoms with Gasteiger partial charge in [-0.05, 0) is 24.8 Å². The Morgan fingerprint density at radius 1 is 1.42 bits per heavy atom. The molecule has 7 nitrogen and oxygen atoms in total. The van der Waals surface area contributed by atoms with E-state index in [9.17, 15) is 4.79 Å². The average molecular weight is 332 g/mol. The largest absolute Gasteiger partial charge is 0.370 e. The number of rotatable bonds is 6. The summed E-state index contributed by atoms with van der Waals surface area (Å²) in [6.07, 6.45) is 3.32. The van der Waals surface area contributed by atoms with E-state index < -0.39 is 0 Å². The summed E-state index contributed by atoms with van der Waals surface area (Å²) in [5.41, 5.74) is 12.3. The van der Waals surface area contributed by atoms with E-state index in [1.54, 1.807) is 6.20 Å². The molecule has 0 saturated carbocycles. The zero-order valence-corrected chi connectivity index (χ0v) is 14.5. The maximum Gasteiger partial charge on any atom is 0.220 e. The van der Waals surface area contributed by atoms with Crippen molar-refractivity contribution in [2.75, 3.05) is 24.5 Å². The summed E-state index contributed by atoms with van der Waals surface area (Å²) >= 11 is 0. The molecule has 2 heterocycles. The molecule has 1 aromatic rings. The predicted molar refractivity (Wildman–Crippen MR) is 96.5 cm³/mol. The molecule has 1 aliphatic heterocycles. The number of nitrogens with two attached hydrogens (primary N) is 2. The molecule has 1 aromatic heterocycles. The third-order valence-electron chi connectivity index (χ3n) is 4.18. The van der Waals surface area contributed by atoms with Crippen molar-refractivity contribution in [2.45, 2.75) is 33.2 Å². The van der Waals surface area contributed by atoms with E-state index in [4.69, 9.17) is 11.5 Å². The first-order chi connectivity index (χ1) is 11.5. The molecule has 0 atom stereocenters. The van der Waals surface area contributed by atoms with Gasteiger partial charge in [-0.25, -0.2) is 9.98 Å². The van der Waals surface area contributed by atoms with Gasteiger partial charge in [0, 0.05) is 37.3 Å². The minimum Gasteiger partial charge on any atom is -0.370 e. The number of hydrogen-bond acceptors (Lipinski definition) is 4. The molecule has 7 heteroatoms. The third kappa shape index (κ3) is 5.11. The Kier molecular flexibility index (Phi) is 6.40. The standard InChI is InChI=1S/C17H28N6O/c1-12(2)10-21-17(19)22-11-14-4-3-7-20-16(14)23-8-5-13(6-9-23)15(18)24/h3-4,7,12-13H,5-6,8-11H2,1-2H3,(H2,18,24)(H3,19,21,22). The van der Waals surface area contributed by atoms with Crippen LogP contribution < -0.4 is 21.7 Å². The monoisotopic (exact) mass is 332 g/mol. The van der Waals surface area contributed by atoms with E-state index in [1.807, 2.05) is 12.1 Å². The molecule has 0 spiro atoms. The minimum absolute atomic E-state index is 0.0256. The first-order valence-corrected chi connectivity index (χ1v) is 8.49. The van der Waals surface area contributed by atoms with E-state index in [-0.39, 0.29) is 11.8 Å². The molecule has 0 aromatic carbocycles. The number of anilines is 1. The van der Waals surface area contributed by atoms with Gasteiger partial charge in [0.25, 0.3) is 0 Å². The summed E-state index contributed by atoms with van der Waals surface area (Å²) < 4.78 is 0. The second-order valence-electron chi connectivity index (χ2n) is 6.63. The summed E-state index contributed by atoms with van der Waals surface area (Å²) in [4.78, 5) is 22.4. The molecule has 5 N–H and O–H groups in total. The molecular formula is C17H28N6O. The molecule has 1 aliphatic rings. The third-order valence-corrected chi connectivity index (χ3v) is 4.18. The summed E-state index contributed by atoms with van der Waals surface area (Å²) in [5.74, 6) is 1.65. The number of carbonyl (C=O) groups excluding carboxylic acids is 1. The van der Waals surface area contributed by atoms with Crippen LogP contribution in [0.1, 0.15) is 32.3 Å². The number of carbonyl (C=O) groups is 1. The number of pyridine rings is 1.